The molecule has 2 saturated heterocycles. The number of anilines is 1. The fourth-order valence-corrected chi connectivity index (χ4v) is 3.51. The van der Waals surface area contributed by atoms with Gasteiger partial charge in [0.05, 0.1) is 17.4 Å². The van der Waals surface area contributed by atoms with Gasteiger partial charge in [-0.25, -0.2) is 0 Å². The highest BCUT2D eigenvalue weighted by atomic mass is 32.2. The lowest BCUT2D eigenvalue weighted by atomic mass is 10.2. The topological polar surface area (TPSA) is 80.8 Å². The number of carboxylic acids is 1. The van der Waals surface area contributed by atoms with Crippen LogP contribution in [-0.4, -0.2) is 41.6 Å². The van der Waals surface area contributed by atoms with Crippen LogP contribution in [0.15, 0.2) is 29.2 Å². The van der Waals surface area contributed by atoms with E-state index in [1.165, 1.54) is 12.8 Å². The summed E-state index contributed by atoms with van der Waals surface area (Å²) in [5.74, 6) is -2.05. The van der Waals surface area contributed by atoms with Crippen molar-refractivity contribution in [1.29, 1.82) is 0 Å². The second kappa shape index (κ2) is 6.45. The Morgan fingerprint density at radius 3 is 2.43 bits per heavy atom. The molecule has 0 aliphatic carbocycles. The van der Waals surface area contributed by atoms with E-state index in [1.807, 2.05) is 24.3 Å². The number of hydrogen-bond acceptors (Lipinski definition) is 6. The molecule has 120 valence electrons. The van der Waals surface area contributed by atoms with Crippen molar-refractivity contribution < 1.29 is 19.5 Å². The molecule has 0 bridgehead atoms. The van der Waals surface area contributed by atoms with Crippen molar-refractivity contribution in [3.05, 3.63) is 34.7 Å². The minimum Gasteiger partial charge on any atom is -0.548 e. The maximum atomic E-state index is 12.0. The van der Waals surface area contributed by atoms with Crippen LogP contribution >= 0.6 is 11.8 Å². The van der Waals surface area contributed by atoms with E-state index in [2.05, 4.69) is 4.90 Å². The van der Waals surface area contributed by atoms with E-state index in [0.717, 1.165) is 36.1 Å². The van der Waals surface area contributed by atoms with Gasteiger partial charge >= 0.3 is 0 Å². The van der Waals surface area contributed by atoms with Crippen LogP contribution in [0.3, 0.4) is 0 Å². The Labute approximate surface area is 137 Å². The summed E-state index contributed by atoms with van der Waals surface area (Å²) in [7, 11) is 0. The van der Waals surface area contributed by atoms with Crippen LogP contribution in [0.4, 0.5) is 10.5 Å². The smallest absolute Gasteiger partial charge is 0.293 e. The first-order valence-electron chi connectivity index (χ1n) is 7.35. The van der Waals surface area contributed by atoms with Gasteiger partial charge in [0.2, 0.25) is 0 Å². The van der Waals surface area contributed by atoms with Crippen molar-refractivity contribution in [1.82, 2.24) is 4.90 Å². The van der Waals surface area contributed by atoms with E-state index >= 15 is 0 Å². The fraction of sp³-hybridized carbons (Fsp3) is 0.312. The molecule has 2 fully saturated rings. The molecule has 2 heterocycles. The number of carbonyl (C=O) groups excluding carboxylic acids is 3. The molecule has 0 unspecified atom stereocenters. The van der Waals surface area contributed by atoms with Crippen molar-refractivity contribution in [2.45, 2.75) is 12.8 Å². The second-order valence-corrected chi connectivity index (χ2v) is 6.42. The molecule has 0 spiro atoms. The maximum Gasteiger partial charge on any atom is 0.293 e. The van der Waals surface area contributed by atoms with E-state index in [-0.39, 0.29) is 4.91 Å². The molecule has 3 rings (SSSR count). The molecular weight excluding hydrogens is 316 g/mol. The summed E-state index contributed by atoms with van der Waals surface area (Å²) in [4.78, 5) is 37.5. The Bertz CT molecular complexity index is 678. The number of rotatable bonds is 4. The zero-order chi connectivity index (χ0) is 16.4. The number of nitrogens with zero attached hydrogens (tertiary/aromatic N) is 2. The number of carbonyl (C=O) groups is 3. The van der Waals surface area contributed by atoms with Gasteiger partial charge in [-0.15, -0.1) is 0 Å². The highest BCUT2D eigenvalue weighted by Crippen LogP contribution is 2.32. The van der Waals surface area contributed by atoms with E-state index in [1.54, 1.807) is 6.08 Å². The Balaban J connectivity index is 1.75. The number of aliphatic carboxylic acids is 1. The van der Waals surface area contributed by atoms with Crippen LogP contribution < -0.4 is 10.0 Å². The summed E-state index contributed by atoms with van der Waals surface area (Å²) >= 11 is 0.745. The molecule has 7 heteroatoms. The van der Waals surface area contributed by atoms with Crippen LogP contribution in [0.5, 0.6) is 0 Å². The van der Waals surface area contributed by atoms with Crippen LogP contribution in [0.2, 0.25) is 0 Å². The van der Waals surface area contributed by atoms with Crippen molar-refractivity contribution in [2.24, 2.45) is 0 Å². The zero-order valence-electron chi connectivity index (χ0n) is 12.4. The normalized spacial score (nSPS) is 19.9. The summed E-state index contributed by atoms with van der Waals surface area (Å²) in [6.45, 7) is 1.40. The molecule has 0 N–H and O–H groups in total. The molecule has 2 amide bonds. The number of hydrogen-bond donors (Lipinski definition) is 0. The third kappa shape index (κ3) is 3.39. The van der Waals surface area contributed by atoms with Gasteiger partial charge in [-0.05, 0) is 48.4 Å². The maximum absolute atomic E-state index is 12.0. The molecule has 0 aromatic heterocycles. The summed E-state index contributed by atoms with van der Waals surface area (Å²) in [5.41, 5.74) is 1.94. The molecule has 23 heavy (non-hydrogen) atoms. The van der Waals surface area contributed by atoms with Gasteiger partial charge < -0.3 is 14.8 Å². The lowest BCUT2D eigenvalue weighted by Gasteiger charge is -2.17. The minimum atomic E-state index is -1.46. The van der Waals surface area contributed by atoms with Crippen molar-refractivity contribution >= 4 is 40.6 Å². The molecule has 0 radical (unpaired) electrons. The van der Waals surface area contributed by atoms with Crippen LogP contribution in [-0.2, 0) is 9.59 Å². The lowest BCUT2D eigenvalue weighted by Crippen LogP contribution is -2.40. The van der Waals surface area contributed by atoms with E-state index in [4.69, 9.17) is 0 Å². The van der Waals surface area contributed by atoms with Crippen LogP contribution in [0.1, 0.15) is 18.4 Å². The number of amides is 2. The van der Waals surface area contributed by atoms with Crippen LogP contribution in [0.25, 0.3) is 6.08 Å². The first-order chi connectivity index (χ1) is 11.0. The highest BCUT2D eigenvalue weighted by molar-refractivity contribution is 8.18. The largest absolute Gasteiger partial charge is 0.548 e. The Morgan fingerprint density at radius 1 is 1.17 bits per heavy atom. The summed E-state index contributed by atoms with van der Waals surface area (Å²) in [5, 5.41) is 10.00. The van der Waals surface area contributed by atoms with Gasteiger partial charge in [-0.3, -0.25) is 14.5 Å². The monoisotopic (exact) mass is 331 g/mol. The summed E-state index contributed by atoms with van der Waals surface area (Å²) in [6, 6.07) is 7.76. The SMILES string of the molecule is O=C([O-])CN1C(=O)S/C(=C\c2ccc(N3CCCC3)cc2)C1=O. The average molecular weight is 331 g/mol. The molecule has 1 aromatic carbocycles. The Morgan fingerprint density at radius 2 is 1.83 bits per heavy atom. The highest BCUT2D eigenvalue weighted by Gasteiger charge is 2.34. The number of carboxylic acid groups (broad SMARTS) is 1. The molecule has 6 nitrogen and oxygen atoms in total. The molecule has 2 aliphatic rings. The fourth-order valence-electron chi connectivity index (χ4n) is 2.67. The third-order valence-corrected chi connectivity index (χ3v) is 4.73. The molecule has 2 aliphatic heterocycles. The predicted octanol–water partition coefficient (Wildman–Crippen LogP) is 1.07. The number of benzene rings is 1. The van der Waals surface area contributed by atoms with Crippen LogP contribution in [0, 0.1) is 0 Å². The minimum absolute atomic E-state index is 0.227. The van der Waals surface area contributed by atoms with Gasteiger partial charge in [-0.2, -0.15) is 0 Å². The lowest BCUT2D eigenvalue weighted by molar-refractivity contribution is -0.305. The van der Waals surface area contributed by atoms with E-state index < -0.39 is 23.7 Å². The van der Waals surface area contributed by atoms with E-state index in [9.17, 15) is 19.5 Å². The van der Waals surface area contributed by atoms with Gasteiger partial charge in [0.25, 0.3) is 11.1 Å². The van der Waals surface area contributed by atoms with Gasteiger partial charge in [0, 0.05) is 18.8 Å². The Hall–Kier alpha value is -2.28. The van der Waals surface area contributed by atoms with Crippen molar-refractivity contribution in [3.8, 4) is 0 Å². The first-order valence-corrected chi connectivity index (χ1v) is 8.16. The van der Waals surface area contributed by atoms with Crippen molar-refractivity contribution in [3.63, 3.8) is 0 Å². The van der Waals surface area contributed by atoms with E-state index in [0.29, 0.717) is 4.90 Å². The van der Waals surface area contributed by atoms with Crippen molar-refractivity contribution in [2.75, 3.05) is 24.5 Å². The Kier molecular flexibility index (Phi) is 4.38. The quantitative estimate of drug-likeness (QED) is 0.768. The molecule has 0 saturated carbocycles. The number of thioether (sulfide) groups is 1. The second-order valence-electron chi connectivity index (χ2n) is 5.43. The summed E-state index contributed by atoms with van der Waals surface area (Å²) < 4.78 is 0. The predicted molar refractivity (Wildman–Crippen MR) is 85.6 cm³/mol. The molecule has 1 aromatic rings. The third-order valence-electron chi connectivity index (χ3n) is 3.82. The van der Waals surface area contributed by atoms with Gasteiger partial charge in [0.15, 0.2) is 0 Å². The first kappa shape index (κ1) is 15.6. The number of imide groups is 1. The zero-order valence-corrected chi connectivity index (χ0v) is 13.2. The standard InChI is InChI=1S/C16H16N2O4S/c19-14(20)10-18-15(21)13(23-16(18)22)9-11-3-5-12(6-4-11)17-7-1-2-8-17/h3-6,9H,1-2,7-8,10H2,(H,19,20)/p-1/b13-9-. The average Bonchev–Trinajstić information content (AvgIpc) is 3.13. The summed E-state index contributed by atoms with van der Waals surface area (Å²) in [6.07, 6.45) is 4.01. The van der Waals surface area contributed by atoms with Gasteiger partial charge in [0.1, 0.15) is 0 Å². The molecular formula is C16H15N2O4S-. The van der Waals surface area contributed by atoms with Gasteiger partial charge in [-0.1, -0.05) is 12.1 Å². The molecule has 0 atom stereocenters.